The summed E-state index contributed by atoms with van der Waals surface area (Å²) in [6.45, 7) is 2.27. The number of carbonyl (C=O) groups excluding carboxylic acids is 1. The van der Waals surface area contributed by atoms with Crippen LogP contribution in [0.2, 0.25) is 0 Å². The summed E-state index contributed by atoms with van der Waals surface area (Å²) in [5, 5.41) is 0. The molecule has 2 aliphatic rings. The average molecular weight is 303 g/mol. The van der Waals surface area contributed by atoms with E-state index in [0.29, 0.717) is 19.6 Å². The second-order valence-electron chi connectivity index (χ2n) is 6.32. The molecular weight excluding hydrogens is 278 g/mol. The zero-order valence-electron chi connectivity index (χ0n) is 12.6. The number of likely N-dealkylation sites (N-methyl/N-ethyl adjacent to an activating group) is 1. The Kier molecular flexibility index (Phi) is 4.41. The Morgan fingerprint density at radius 1 is 1.20 bits per heavy atom. The highest BCUT2D eigenvalue weighted by molar-refractivity contribution is 7.88. The minimum atomic E-state index is -3.20. The fourth-order valence-corrected chi connectivity index (χ4v) is 4.94. The van der Waals surface area contributed by atoms with Gasteiger partial charge in [0.15, 0.2) is 0 Å². The van der Waals surface area contributed by atoms with Crippen LogP contribution < -0.4 is 0 Å². The summed E-state index contributed by atoms with van der Waals surface area (Å²) >= 11 is 0. The number of piperidine rings is 1. The highest BCUT2D eigenvalue weighted by Gasteiger charge is 2.48. The van der Waals surface area contributed by atoms with Crippen LogP contribution in [-0.2, 0) is 14.8 Å². The lowest BCUT2D eigenvalue weighted by molar-refractivity contribution is -0.134. The van der Waals surface area contributed by atoms with Gasteiger partial charge in [0.05, 0.1) is 18.3 Å². The SMILES string of the molecule is CN(C)CC(=O)N1CCC[C@@]2(CCCN2S(C)(=O)=O)C1. The van der Waals surface area contributed by atoms with E-state index in [1.807, 2.05) is 23.9 Å². The standard InChI is InChI=1S/C13H25N3O3S/c1-14(2)10-12(17)15-8-4-6-13(11-15)7-5-9-16(13)20(3,18)19/h4-11H2,1-3H3/t13-/m1/s1. The number of likely N-dealkylation sites (tertiary alicyclic amines) is 1. The molecule has 2 aliphatic heterocycles. The van der Waals surface area contributed by atoms with Gasteiger partial charge >= 0.3 is 0 Å². The van der Waals surface area contributed by atoms with Gasteiger partial charge in [-0.3, -0.25) is 4.79 Å². The predicted molar refractivity (Wildman–Crippen MR) is 77.9 cm³/mol. The Labute approximate surface area is 121 Å². The van der Waals surface area contributed by atoms with E-state index in [0.717, 1.165) is 32.2 Å². The van der Waals surface area contributed by atoms with Crippen molar-refractivity contribution in [3.05, 3.63) is 0 Å². The van der Waals surface area contributed by atoms with Crippen molar-refractivity contribution in [2.75, 3.05) is 46.5 Å². The lowest BCUT2D eigenvalue weighted by Crippen LogP contribution is -2.58. The van der Waals surface area contributed by atoms with Crippen molar-refractivity contribution >= 4 is 15.9 Å². The van der Waals surface area contributed by atoms with Gasteiger partial charge in [-0.15, -0.1) is 0 Å². The Morgan fingerprint density at radius 3 is 2.35 bits per heavy atom. The quantitative estimate of drug-likeness (QED) is 0.734. The summed E-state index contributed by atoms with van der Waals surface area (Å²) in [5.41, 5.74) is -0.353. The Hall–Kier alpha value is -0.660. The van der Waals surface area contributed by atoms with Crippen molar-refractivity contribution in [1.82, 2.24) is 14.1 Å². The molecule has 0 aromatic rings. The molecule has 0 unspecified atom stereocenters. The highest BCUT2D eigenvalue weighted by atomic mass is 32.2. The zero-order chi connectivity index (χ0) is 15.0. The van der Waals surface area contributed by atoms with Crippen LogP contribution >= 0.6 is 0 Å². The first-order valence-electron chi connectivity index (χ1n) is 7.15. The van der Waals surface area contributed by atoms with E-state index in [9.17, 15) is 13.2 Å². The van der Waals surface area contributed by atoms with E-state index in [1.54, 1.807) is 4.31 Å². The van der Waals surface area contributed by atoms with Crippen LogP contribution in [0.15, 0.2) is 0 Å². The number of carbonyl (C=O) groups is 1. The number of rotatable bonds is 3. The first-order valence-corrected chi connectivity index (χ1v) is 9.00. The van der Waals surface area contributed by atoms with Crippen molar-refractivity contribution in [3.8, 4) is 0 Å². The highest BCUT2D eigenvalue weighted by Crippen LogP contribution is 2.38. The molecule has 1 amide bonds. The third kappa shape index (κ3) is 3.15. The van der Waals surface area contributed by atoms with Crippen molar-refractivity contribution in [1.29, 1.82) is 0 Å². The van der Waals surface area contributed by atoms with Crippen LogP contribution in [-0.4, -0.2) is 80.5 Å². The molecule has 0 aromatic carbocycles. The smallest absolute Gasteiger partial charge is 0.236 e. The zero-order valence-corrected chi connectivity index (χ0v) is 13.4. The molecule has 2 saturated heterocycles. The molecule has 1 atom stereocenters. The van der Waals surface area contributed by atoms with Gasteiger partial charge in [-0.05, 0) is 39.8 Å². The Bertz CT molecular complexity index is 477. The van der Waals surface area contributed by atoms with E-state index in [1.165, 1.54) is 6.26 Å². The summed E-state index contributed by atoms with van der Waals surface area (Å²) in [7, 11) is 0.544. The third-order valence-electron chi connectivity index (χ3n) is 4.29. The molecule has 0 aromatic heterocycles. The Balaban J connectivity index is 2.15. The predicted octanol–water partition coefficient (Wildman–Crippen LogP) is -0.0354. The second kappa shape index (κ2) is 5.61. The summed E-state index contributed by atoms with van der Waals surface area (Å²) in [4.78, 5) is 15.9. The molecule has 0 N–H and O–H groups in total. The van der Waals surface area contributed by atoms with Crippen molar-refractivity contribution in [2.45, 2.75) is 31.2 Å². The van der Waals surface area contributed by atoms with Crippen LogP contribution in [0, 0.1) is 0 Å². The maximum atomic E-state index is 12.2. The van der Waals surface area contributed by atoms with Gasteiger partial charge in [0.2, 0.25) is 15.9 Å². The fraction of sp³-hybridized carbons (Fsp3) is 0.923. The molecule has 0 bridgehead atoms. The lowest BCUT2D eigenvalue weighted by atomic mass is 9.87. The number of nitrogens with zero attached hydrogens (tertiary/aromatic N) is 3. The average Bonchev–Trinajstić information content (AvgIpc) is 2.71. The van der Waals surface area contributed by atoms with E-state index in [2.05, 4.69) is 0 Å². The maximum absolute atomic E-state index is 12.2. The van der Waals surface area contributed by atoms with Crippen LogP contribution in [0.1, 0.15) is 25.7 Å². The summed E-state index contributed by atoms with van der Waals surface area (Å²) in [6, 6.07) is 0. The maximum Gasteiger partial charge on any atom is 0.236 e. The van der Waals surface area contributed by atoms with Gasteiger partial charge in [0, 0.05) is 19.6 Å². The normalized spacial score (nSPS) is 28.5. The summed E-state index contributed by atoms with van der Waals surface area (Å²) in [5.74, 6) is 0.0921. The molecular formula is C13H25N3O3S. The summed E-state index contributed by atoms with van der Waals surface area (Å²) in [6.07, 6.45) is 4.78. The molecule has 116 valence electrons. The van der Waals surface area contributed by atoms with Crippen LogP contribution in [0.4, 0.5) is 0 Å². The number of amides is 1. The van der Waals surface area contributed by atoms with E-state index < -0.39 is 10.0 Å². The molecule has 0 radical (unpaired) electrons. The number of hydrogen-bond donors (Lipinski definition) is 0. The van der Waals surface area contributed by atoms with Gasteiger partial charge in [-0.2, -0.15) is 4.31 Å². The molecule has 0 aliphatic carbocycles. The van der Waals surface area contributed by atoms with Crippen molar-refractivity contribution in [2.24, 2.45) is 0 Å². The molecule has 1 spiro atoms. The number of hydrogen-bond acceptors (Lipinski definition) is 4. The second-order valence-corrected chi connectivity index (χ2v) is 8.23. The van der Waals surface area contributed by atoms with Crippen LogP contribution in [0.5, 0.6) is 0 Å². The minimum absolute atomic E-state index is 0.0921. The van der Waals surface area contributed by atoms with Crippen molar-refractivity contribution < 1.29 is 13.2 Å². The monoisotopic (exact) mass is 303 g/mol. The lowest BCUT2D eigenvalue weighted by Gasteiger charge is -2.45. The van der Waals surface area contributed by atoms with Crippen molar-refractivity contribution in [3.63, 3.8) is 0 Å². The molecule has 2 heterocycles. The molecule has 0 saturated carbocycles. The van der Waals surface area contributed by atoms with Crippen LogP contribution in [0.25, 0.3) is 0 Å². The molecule has 20 heavy (non-hydrogen) atoms. The molecule has 2 fully saturated rings. The molecule has 7 heteroatoms. The first-order chi connectivity index (χ1) is 9.24. The largest absolute Gasteiger partial charge is 0.340 e. The minimum Gasteiger partial charge on any atom is -0.340 e. The van der Waals surface area contributed by atoms with Gasteiger partial charge in [0.1, 0.15) is 0 Å². The van der Waals surface area contributed by atoms with Gasteiger partial charge in [-0.25, -0.2) is 8.42 Å². The van der Waals surface area contributed by atoms with E-state index >= 15 is 0 Å². The van der Waals surface area contributed by atoms with Gasteiger partial charge in [-0.1, -0.05) is 0 Å². The third-order valence-corrected chi connectivity index (χ3v) is 5.66. The molecule has 6 nitrogen and oxygen atoms in total. The van der Waals surface area contributed by atoms with E-state index in [4.69, 9.17) is 0 Å². The van der Waals surface area contributed by atoms with Gasteiger partial charge < -0.3 is 9.80 Å². The topological polar surface area (TPSA) is 60.9 Å². The van der Waals surface area contributed by atoms with Gasteiger partial charge in [0.25, 0.3) is 0 Å². The summed E-state index contributed by atoms with van der Waals surface area (Å²) < 4.78 is 25.6. The fourth-order valence-electron chi connectivity index (χ4n) is 3.53. The first kappa shape index (κ1) is 15.7. The van der Waals surface area contributed by atoms with E-state index in [-0.39, 0.29) is 11.4 Å². The number of sulfonamides is 1. The van der Waals surface area contributed by atoms with Crippen LogP contribution in [0.3, 0.4) is 0 Å². The Morgan fingerprint density at radius 2 is 1.80 bits per heavy atom. The molecule has 2 rings (SSSR count).